The lowest BCUT2D eigenvalue weighted by Crippen LogP contribution is -2.30. The van der Waals surface area contributed by atoms with Crippen molar-refractivity contribution in [3.8, 4) is 0 Å². The Morgan fingerprint density at radius 2 is 2.17 bits per heavy atom. The van der Waals surface area contributed by atoms with Crippen molar-refractivity contribution < 1.29 is 4.39 Å². The molecule has 94 valence electrons. The average molecular weight is 329 g/mol. The zero-order chi connectivity index (χ0) is 12.9. The first-order valence-corrected chi connectivity index (χ1v) is 6.91. The Hall–Kier alpha value is -1.01. The monoisotopic (exact) mass is 328 g/mol. The zero-order valence-electron chi connectivity index (χ0n) is 9.37. The van der Waals surface area contributed by atoms with E-state index in [2.05, 4.69) is 20.9 Å². The lowest BCUT2D eigenvalue weighted by molar-refractivity contribution is 0.302. The summed E-state index contributed by atoms with van der Waals surface area (Å²) in [6, 6.07) is 3.11. The first kappa shape index (κ1) is 12.0. The average Bonchev–Trinajstić information content (AvgIpc) is 2.23. The topological polar surface area (TPSA) is 37.8 Å². The SMILES string of the molecule is O=c1c2cc(Br)cc(F)c2[nH]c(=S)n1C1CCC1. The van der Waals surface area contributed by atoms with E-state index in [1.54, 1.807) is 10.6 Å². The lowest BCUT2D eigenvalue weighted by atomic mass is 9.93. The molecule has 6 heteroatoms. The van der Waals surface area contributed by atoms with Crippen molar-refractivity contribution in [2.45, 2.75) is 25.3 Å². The molecule has 0 amide bonds. The normalized spacial score (nSPS) is 15.9. The summed E-state index contributed by atoms with van der Waals surface area (Å²) >= 11 is 8.37. The quantitative estimate of drug-likeness (QED) is 0.811. The van der Waals surface area contributed by atoms with Crippen LogP contribution in [0.4, 0.5) is 4.39 Å². The van der Waals surface area contributed by atoms with Crippen LogP contribution >= 0.6 is 28.1 Å². The largest absolute Gasteiger partial charge is 0.329 e. The molecule has 18 heavy (non-hydrogen) atoms. The fraction of sp³-hybridized carbons (Fsp3) is 0.333. The number of aromatic nitrogens is 2. The maximum Gasteiger partial charge on any atom is 0.262 e. The molecule has 2 aromatic rings. The highest BCUT2D eigenvalue weighted by Crippen LogP contribution is 2.31. The van der Waals surface area contributed by atoms with Crippen molar-refractivity contribution in [3.05, 3.63) is 37.5 Å². The number of nitrogens with one attached hydrogen (secondary N) is 1. The van der Waals surface area contributed by atoms with Crippen LogP contribution < -0.4 is 5.56 Å². The molecule has 1 aromatic carbocycles. The van der Waals surface area contributed by atoms with Gasteiger partial charge >= 0.3 is 0 Å². The van der Waals surface area contributed by atoms with Crippen LogP contribution in [0.1, 0.15) is 25.3 Å². The van der Waals surface area contributed by atoms with Crippen LogP contribution in [-0.2, 0) is 0 Å². The van der Waals surface area contributed by atoms with E-state index in [1.807, 2.05) is 0 Å². The van der Waals surface area contributed by atoms with Crippen LogP contribution in [0.5, 0.6) is 0 Å². The van der Waals surface area contributed by atoms with E-state index in [4.69, 9.17) is 12.2 Å². The molecule has 1 fully saturated rings. The van der Waals surface area contributed by atoms with Gasteiger partial charge in [-0.2, -0.15) is 0 Å². The number of hydrogen-bond acceptors (Lipinski definition) is 2. The minimum absolute atomic E-state index is 0.160. The van der Waals surface area contributed by atoms with Crippen LogP contribution in [0.2, 0.25) is 0 Å². The van der Waals surface area contributed by atoms with Gasteiger partial charge in [0.15, 0.2) is 4.77 Å². The van der Waals surface area contributed by atoms with E-state index in [0.717, 1.165) is 19.3 Å². The van der Waals surface area contributed by atoms with Gasteiger partial charge in [0.25, 0.3) is 5.56 Å². The van der Waals surface area contributed by atoms with E-state index in [9.17, 15) is 9.18 Å². The van der Waals surface area contributed by atoms with Gasteiger partial charge in [-0.25, -0.2) is 4.39 Å². The van der Waals surface area contributed by atoms with Crippen molar-refractivity contribution in [3.63, 3.8) is 0 Å². The molecule has 0 spiro atoms. The first-order chi connectivity index (χ1) is 8.58. The molecular formula is C12H10BrFN2OS. The van der Waals surface area contributed by atoms with Gasteiger partial charge in [-0.1, -0.05) is 15.9 Å². The second-order valence-electron chi connectivity index (χ2n) is 4.50. The van der Waals surface area contributed by atoms with Crippen LogP contribution in [0.3, 0.4) is 0 Å². The highest BCUT2D eigenvalue weighted by Gasteiger charge is 2.23. The van der Waals surface area contributed by atoms with Gasteiger partial charge in [0, 0.05) is 10.5 Å². The van der Waals surface area contributed by atoms with Gasteiger partial charge < -0.3 is 4.98 Å². The van der Waals surface area contributed by atoms with Crippen molar-refractivity contribution in [2.24, 2.45) is 0 Å². The first-order valence-electron chi connectivity index (χ1n) is 5.71. The molecule has 1 aromatic heterocycles. The third-order valence-corrected chi connectivity index (χ3v) is 4.15. The summed E-state index contributed by atoms with van der Waals surface area (Å²) in [4.78, 5) is 15.2. The molecule has 1 N–H and O–H groups in total. The maximum absolute atomic E-state index is 13.8. The number of nitrogens with zero attached hydrogens (tertiary/aromatic N) is 1. The van der Waals surface area contributed by atoms with Gasteiger partial charge in [-0.3, -0.25) is 9.36 Å². The number of hydrogen-bond donors (Lipinski definition) is 1. The van der Waals surface area contributed by atoms with E-state index in [0.29, 0.717) is 14.6 Å². The fourth-order valence-electron chi connectivity index (χ4n) is 2.24. The molecular weight excluding hydrogens is 319 g/mol. The highest BCUT2D eigenvalue weighted by atomic mass is 79.9. The third-order valence-electron chi connectivity index (χ3n) is 3.39. The lowest BCUT2D eigenvalue weighted by Gasteiger charge is -2.27. The Kier molecular flexibility index (Phi) is 2.86. The second kappa shape index (κ2) is 4.28. The minimum Gasteiger partial charge on any atom is -0.329 e. The van der Waals surface area contributed by atoms with Gasteiger partial charge in [-0.05, 0) is 43.6 Å². The number of benzene rings is 1. The summed E-state index contributed by atoms with van der Waals surface area (Å²) in [7, 11) is 0. The third kappa shape index (κ3) is 1.75. The molecule has 3 rings (SSSR count). The molecule has 0 atom stereocenters. The Bertz CT molecular complexity index is 748. The molecule has 1 aliphatic carbocycles. The summed E-state index contributed by atoms with van der Waals surface area (Å²) in [6.07, 6.45) is 3.02. The Balaban J connectivity index is 2.40. The molecule has 0 saturated heterocycles. The number of H-pyrrole nitrogens is 1. The van der Waals surface area contributed by atoms with Crippen LogP contribution in [-0.4, -0.2) is 9.55 Å². The standard InChI is InChI=1S/C12H10BrFN2OS/c13-6-4-8-10(9(14)5-6)15-12(18)16(11(8)17)7-2-1-3-7/h4-5,7H,1-3H2,(H,15,18). The fourth-order valence-corrected chi connectivity index (χ4v) is 3.00. The Morgan fingerprint density at radius 3 is 2.78 bits per heavy atom. The molecule has 0 bridgehead atoms. The Morgan fingerprint density at radius 1 is 1.44 bits per heavy atom. The maximum atomic E-state index is 13.8. The number of aromatic amines is 1. The van der Waals surface area contributed by atoms with Crippen molar-refractivity contribution in [1.82, 2.24) is 9.55 Å². The summed E-state index contributed by atoms with van der Waals surface area (Å²) in [6.45, 7) is 0. The van der Waals surface area contributed by atoms with Crippen molar-refractivity contribution >= 4 is 39.1 Å². The van der Waals surface area contributed by atoms with E-state index < -0.39 is 5.82 Å². The smallest absolute Gasteiger partial charge is 0.262 e. The Labute approximate surface area is 116 Å². The van der Waals surface area contributed by atoms with Crippen LogP contribution in [0.15, 0.2) is 21.4 Å². The second-order valence-corrected chi connectivity index (χ2v) is 5.80. The van der Waals surface area contributed by atoms with Crippen molar-refractivity contribution in [1.29, 1.82) is 0 Å². The number of rotatable bonds is 1. The number of halogens is 2. The molecule has 1 aliphatic rings. The van der Waals surface area contributed by atoms with E-state index in [1.165, 1.54) is 6.07 Å². The summed E-state index contributed by atoms with van der Waals surface area (Å²) in [5.41, 5.74) is -0.0255. The highest BCUT2D eigenvalue weighted by molar-refractivity contribution is 9.10. The molecule has 1 saturated carbocycles. The predicted octanol–water partition coefficient (Wildman–Crippen LogP) is 3.69. The summed E-state index contributed by atoms with van der Waals surface area (Å²) < 4.78 is 16.2. The number of fused-ring (bicyclic) bond motifs is 1. The van der Waals surface area contributed by atoms with Crippen LogP contribution in [0, 0.1) is 10.6 Å². The van der Waals surface area contributed by atoms with E-state index in [-0.39, 0.29) is 17.1 Å². The minimum atomic E-state index is -0.469. The molecule has 0 unspecified atom stereocenters. The van der Waals surface area contributed by atoms with Gasteiger partial charge in [0.2, 0.25) is 0 Å². The molecule has 0 radical (unpaired) electrons. The zero-order valence-corrected chi connectivity index (χ0v) is 11.8. The molecule has 0 aliphatic heterocycles. The summed E-state index contributed by atoms with van der Waals surface area (Å²) in [5, 5.41) is 0.336. The van der Waals surface area contributed by atoms with Gasteiger partial charge in [0.05, 0.1) is 10.9 Å². The molecule has 3 nitrogen and oxygen atoms in total. The molecule has 1 heterocycles. The van der Waals surface area contributed by atoms with E-state index >= 15 is 0 Å². The van der Waals surface area contributed by atoms with Gasteiger partial charge in [0.1, 0.15) is 5.82 Å². The summed E-state index contributed by atoms with van der Waals surface area (Å²) in [5.74, 6) is -0.469. The van der Waals surface area contributed by atoms with Crippen molar-refractivity contribution in [2.75, 3.05) is 0 Å². The van der Waals surface area contributed by atoms with Gasteiger partial charge in [-0.15, -0.1) is 0 Å². The van der Waals surface area contributed by atoms with Crippen LogP contribution in [0.25, 0.3) is 10.9 Å². The predicted molar refractivity (Wildman–Crippen MR) is 73.9 cm³/mol.